The Balaban J connectivity index is -0.000000345. The first-order valence-electron chi connectivity index (χ1n) is 10.2. The van der Waals surface area contributed by atoms with Gasteiger partial charge in [-0.1, -0.05) is 18.2 Å². The molecular formula is C28H39Cl2NTi-4. The zero-order valence-corrected chi connectivity index (χ0v) is 23.9. The molecule has 0 aliphatic carbocycles. The Kier molecular flexibility index (Phi) is 23.9. The number of fused-ring (bicyclic) bond motifs is 2. The van der Waals surface area contributed by atoms with E-state index in [1.54, 1.807) is 0 Å². The molecule has 4 rings (SSSR count). The van der Waals surface area contributed by atoms with Crippen molar-refractivity contribution in [2.75, 3.05) is 0 Å². The van der Waals surface area contributed by atoms with Crippen LogP contribution in [0.4, 0.5) is 0 Å². The molecule has 1 nitrogen and oxygen atoms in total. The Bertz CT molecular complexity index is 797. The van der Waals surface area contributed by atoms with E-state index in [0.717, 1.165) is 5.52 Å². The van der Waals surface area contributed by atoms with E-state index in [0.29, 0.717) is 0 Å². The minimum atomic E-state index is 0. The molecule has 0 radical (unpaired) electrons. The van der Waals surface area contributed by atoms with Gasteiger partial charge in [0.2, 0.25) is 0 Å². The summed E-state index contributed by atoms with van der Waals surface area (Å²) >= 11 is 2.08. The summed E-state index contributed by atoms with van der Waals surface area (Å²) in [6.45, 7) is 16.7. The van der Waals surface area contributed by atoms with Crippen LogP contribution in [0.15, 0.2) is 72.8 Å². The Labute approximate surface area is 220 Å². The molecular weight excluding hydrogens is 469 g/mol. The van der Waals surface area contributed by atoms with Crippen molar-refractivity contribution in [3.05, 3.63) is 90.8 Å². The minimum absolute atomic E-state index is 0. The van der Waals surface area contributed by atoms with Crippen LogP contribution >= 0.6 is 24.8 Å². The molecule has 1 N–H and O–H groups in total. The van der Waals surface area contributed by atoms with E-state index >= 15 is 0 Å². The van der Waals surface area contributed by atoms with Gasteiger partial charge in [-0.3, -0.25) is 0 Å². The third-order valence-electron chi connectivity index (χ3n) is 2.94. The maximum Gasteiger partial charge on any atom is -0.0745 e. The second-order valence-electron chi connectivity index (χ2n) is 8.16. The molecule has 1 heterocycles. The standard InChI is InChI=1S/C9H7.C8H6N.2C4H9.C3H6.2ClH.Ti/c1-2-5-9-7-3-6-8(9)4-1;1-2-4-8-7(3-1)5-6-9-8;2*1-4(2)3;1-3-2;;;/h1-7H;1-5,9H;2*1-3H3;1-2H3;2*1H;/q4*-1;;;;. The van der Waals surface area contributed by atoms with Crippen LogP contribution in [-0.4, -0.2) is 8.80 Å². The molecule has 0 aliphatic heterocycles. The summed E-state index contributed by atoms with van der Waals surface area (Å²) in [4.78, 5) is 2.99. The van der Waals surface area contributed by atoms with Crippen molar-refractivity contribution in [1.82, 2.24) is 4.98 Å². The van der Waals surface area contributed by atoms with Crippen molar-refractivity contribution in [3.63, 3.8) is 0 Å². The Hall–Kier alpha value is -1.25. The summed E-state index contributed by atoms with van der Waals surface area (Å²) in [6.07, 6.45) is 2.91. The largest absolute Gasteiger partial charge is 0.477 e. The molecule has 0 spiro atoms. The van der Waals surface area contributed by atoms with Crippen LogP contribution in [0.3, 0.4) is 0 Å². The van der Waals surface area contributed by atoms with Crippen molar-refractivity contribution >= 4 is 50.3 Å². The molecule has 4 heteroatoms. The van der Waals surface area contributed by atoms with Gasteiger partial charge in [-0.15, -0.1) is 78.3 Å². The summed E-state index contributed by atoms with van der Waals surface area (Å²) in [5.74, 6) is 2.83. The molecule has 1 aromatic heterocycles. The SMILES string of the molecule is C[C-](C)C.C[C-](C)C.C[C](C)=[Ti].Cl.Cl.[c-]1cc2ccccc2[nH]1.c1ccc2[cH-]ccc2c1. The molecule has 0 fully saturated rings. The number of hydrogen-bond donors (Lipinski definition) is 1. The Morgan fingerprint density at radius 3 is 1.69 bits per heavy atom. The zero-order valence-electron chi connectivity index (χ0n) is 20.7. The average molecular weight is 508 g/mol. The fourth-order valence-electron chi connectivity index (χ4n) is 2.00. The van der Waals surface area contributed by atoms with Crippen molar-refractivity contribution in [1.29, 1.82) is 0 Å². The number of para-hydroxylation sites is 1. The number of halogens is 2. The van der Waals surface area contributed by atoms with Crippen LogP contribution in [-0.2, 0) is 20.0 Å². The van der Waals surface area contributed by atoms with E-state index in [9.17, 15) is 0 Å². The van der Waals surface area contributed by atoms with E-state index in [1.165, 1.54) is 31.8 Å². The van der Waals surface area contributed by atoms with E-state index in [-0.39, 0.29) is 24.8 Å². The van der Waals surface area contributed by atoms with Crippen molar-refractivity contribution in [3.8, 4) is 0 Å². The molecule has 0 saturated carbocycles. The second-order valence-corrected chi connectivity index (χ2v) is 9.72. The summed E-state index contributed by atoms with van der Waals surface area (Å²) in [5, 5.41) is 3.88. The fraction of sp³-hybridized carbons (Fsp3) is 0.286. The number of aromatic amines is 1. The normalized spacial score (nSPS) is 8.78. The van der Waals surface area contributed by atoms with Gasteiger partial charge in [0.05, 0.1) is 0 Å². The van der Waals surface area contributed by atoms with Crippen LogP contribution in [0.2, 0.25) is 0 Å². The van der Waals surface area contributed by atoms with Gasteiger partial charge in [-0.2, -0.15) is 70.5 Å². The monoisotopic (exact) mass is 507 g/mol. The van der Waals surface area contributed by atoms with Crippen molar-refractivity contribution in [2.24, 2.45) is 0 Å². The number of aromatic nitrogens is 1. The smallest absolute Gasteiger partial charge is 0.0745 e. The maximum absolute atomic E-state index is 2.99. The maximum atomic E-state index is 2.99. The van der Waals surface area contributed by atoms with Crippen molar-refractivity contribution < 1.29 is 20.0 Å². The number of nitrogens with one attached hydrogen (secondary N) is 1. The molecule has 178 valence electrons. The van der Waals surface area contributed by atoms with Crippen LogP contribution in [0.25, 0.3) is 21.7 Å². The van der Waals surface area contributed by atoms with Gasteiger partial charge in [0.1, 0.15) is 0 Å². The van der Waals surface area contributed by atoms with Crippen LogP contribution < -0.4 is 0 Å². The quantitative estimate of drug-likeness (QED) is 0.180. The first-order chi connectivity index (χ1) is 14.1. The van der Waals surface area contributed by atoms with Crippen molar-refractivity contribution in [2.45, 2.75) is 55.4 Å². The first kappa shape index (κ1) is 35.3. The molecule has 0 unspecified atom stereocenters. The summed E-state index contributed by atoms with van der Waals surface area (Å²) in [6, 6.07) is 24.7. The molecule has 4 aromatic rings. The molecule has 0 amide bonds. The zero-order chi connectivity index (χ0) is 22.9. The van der Waals surface area contributed by atoms with Gasteiger partial charge in [0, 0.05) is 0 Å². The Morgan fingerprint density at radius 2 is 1.22 bits per heavy atom. The second kappa shape index (κ2) is 21.6. The number of H-pyrrole nitrogens is 1. The molecule has 3 aromatic carbocycles. The predicted molar refractivity (Wildman–Crippen MR) is 148 cm³/mol. The van der Waals surface area contributed by atoms with E-state index in [4.69, 9.17) is 0 Å². The number of rotatable bonds is 0. The number of hydrogen-bond acceptors (Lipinski definition) is 0. The van der Waals surface area contributed by atoms with Gasteiger partial charge < -0.3 is 16.8 Å². The van der Waals surface area contributed by atoms with Gasteiger partial charge in [-0.25, -0.2) is 0 Å². The van der Waals surface area contributed by atoms with Crippen LogP contribution in [0.1, 0.15) is 55.4 Å². The Morgan fingerprint density at radius 1 is 0.781 bits per heavy atom. The summed E-state index contributed by atoms with van der Waals surface area (Å²) in [7, 11) is 0. The topological polar surface area (TPSA) is 15.8 Å². The predicted octanol–water partition coefficient (Wildman–Crippen LogP) is 9.36. The molecule has 0 atom stereocenters. The number of benzene rings is 2. The fourth-order valence-corrected chi connectivity index (χ4v) is 2.00. The first-order valence-corrected chi connectivity index (χ1v) is 11.0. The third kappa shape index (κ3) is 20.6. The molecule has 0 bridgehead atoms. The average Bonchev–Trinajstić information content (AvgIpc) is 3.30. The van der Waals surface area contributed by atoms with Crippen LogP contribution in [0, 0.1) is 18.0 Å². The van der Waals surface area contributed by atoms with Gasteiger partial charge >= 0.3 is 37.6 Å². The summed E-state index contributed by atoms with van der Waals surface area (Å²) < 4.78 is 1.42. The minimum Gasteiger partial charge on any atom is -0.477 e. The van der Waals surface area contributed by atoms with Gasteiger partial charge in [0.25, 0.3) is 0 Å². The molecule has 0 saturated heterocycles. The van der Waals surface area contributed by atoms with Gasteiger partial charge in [0.15, 0.2) is 0 Å². The van der Waals surface area contributed by atoms with Gasteiger partial charge in [-0.05, 0) is 0 Å². The van der Waals surface area contributed by atoms with Crippen LogP contribution in [0.5, 0.6) is 0 Å². The molecule has 0 aliphatic rings. The van der Waals surface area contributed by atoms with E-state index < -0.39 is 0 Å². The summed E-state index contributed by atoms with van der Waals surface area (Å²) in [5.41, 5.74) is 1.15. The molecule has 32 heavy (non-hydrogen) atoms. The third-order valence-corrected chi connectivity index (χ3v) is 2.94. The van der Waals surface area contributed by atoms with E-state index in [1.807, 2.05) is 24.3 Å². The van der Waals surface area contributed by atoms with E-state index in [2.05, 4.69) is 135 Å².